The van der Waals surface area contributed by atoms with E-state index in [1.807, 2.05) is 0 Å². The van der Waals surface area contributed by atoms with Gasteiger partial charge < -0.3 is 18.9 Å². The average Bonchev–Trinajstić information content (AvgIpc) is 3.24. The number of ether oxygens (including phenoxy) is 2. The van der Waals surface area contributed by atoms with Crippen LogP contribution >= 0.6 is 27.5 Å². The van der Waals surface area contributed by atoms with Crippen molar-refractivity contribution in [2.75, 3.05) is 0 Å². The molecule has 1 aromatic heterocycles. The molecule has 0 aliphatic carbocycles. The Balaban J connectivity index is 1.96. The number of imidazole rings is 1. The number of hydrogen-bond donors (Lipinski definition) is 0. The van der Waals surface area contributed by atoms with Crippen molar-refractivity contribution in [1.82, 2.24) is 14.5 Å². The number of rotatable bonds is 5. The Hall–Kier alpha value is -2.27. The molecule has 1 aliphatic heterocycles. The van der Waals surface area contributed by atoms with Crippen LogP contribution in [0.5, 0.6) is 5.75 Å². The van der Waals surface area contributed by atoms with Crippen molar-refractivity contribution in [1.29, 1.82) is 0 Å². The Morgan fingerprint density at radius 3 is 2.54 bits per heavy atom. The zero-order valence-electron chi connectivity index (χ0n) is 20.0. The Morgan fingerprint density at radius 1 is 1.27 bits per heavy atom. The van der Waals surface area contributed by atoms with Crippen molar-refractivity contribution in [2.45, 2.75) is 56.7 Å². The van der Waals surface area contributed by atoms with Crippen LogP contribution in [-0.4, -0.2) is 61.5 Å². The quantitative estimate of drug-likeness (QED) is 0.365. The van der Waals surface area contributed by atoms with Crippen molar-refractivity contribution in [3.8, 4) is 5.75 Å². The van der Waals surface area contributed by atoms with E-state index in [-0.39, 0.29) is 38.6 Å². The highest BCUT2D eigenvalue weighted by molar-refractivity contribution is 9.10. The summed E-state index contributed by atoms with van der Waals surface area (Å²) in [5, 5.41) is -2.08. The third kappa shape index (κ3) is 5.48. The number of carbonyl (C=O) groups excluding carboxylic acids is 1. The van der Waals surface area contributed by atoms with Gasteiger partial charge in [0.15, 0.2) is 0 Å². The van der Waals surface area contributed by atoms with Crippen molar-refractivity contribution >= 4 is 68.2 Å². The maximum atomic E-state index is 14.4. The van der Waals surface area contributed by atoms with Crippen molar-refractivity contribution in [2.24, 2.45) is 0 Å². The van der Waals surface area contributed by atoms with Gasteiger partial charge in [-0.15, -0.1) is 0 Å². The summed E-state index contributed by atoms with van der Waals surface area (Å²) in [6, 6.07) is 5.19. The Kier molecular flexibility index (Phi) is 7.35. The SMILES string of the molecule is [B]C([B])([B])N(C(=O)OC(C)(C)C)[C@@H]1C[C@H](c2c(Cl)cccc2OC(F)F)n2c1nc1cc(F)c(Br)cc12. The van der Waals surface area contributed by atoms with Crippen LogP contribution in [0.25, 0.3) is 11.0 Å². The van der Waals surface area contributed by atoms with Crippen LogP contribution in [0.1, 0.15) is 50.7 Å². The third-order valence-electron chi connectivity index (χ3n) is 5.70. The van der Waals surface area contributed by atoms with E-state index >= 15 is 0 Å². The molecule has 2 atom stereocenters. The minimum Gasteiger partial charge on any atom is -0.444 e. The monoisotopic (exact) mass is 589 g/mol. The van der Waals surface area contributed by atoms with E-state index in [0.29, 0.717) is 5.52 Å². The van der Waals surface area contributed by atoms with Crippen molar-refractivity contribution in [3.05, 3.63) is 57.0 Å². The molecule has 37 heavy (non-hydrogen) atoms. The molecule has 0 spiro atoms. The summed E-state index contributed by atoms with van der Waals surface area (Å²) in [5.41, 5.74) is -0.0591. The Morgan fingerprint density at radius 2 is 1.95 bits per heavy atom. The normalized spacial score (nSPS) is 17.8. The van der Waals surface area contributed by atoms with E-state index in [1.54, 1.807) is 25.3 Å². The molecule has 0 saturated carbocycles. The predicted molar refractivity (Wildman–Crippen MR) is 139 cm³/mol. The van der Waals surface area contributed by atoms with Crippen molar-refractivity contribution in [3.63, 3.8) is 0 Å². The van der Waals surface area contributed by atoms with Gasteiger partial charge in [0.1, 0.15) is 23.0 Å². The summed E-state index contributed by atoms with van der Waals surface area (Å²) in [6.07, 6.45) is -0.914. The smallest absolute Gasteiger partial charge is 0.409 e. The standard InChI is InChI=1S/C23H19B3BrClF3N3O3/c1-22(2,3)37-21(35)34(23(24,25)26)16-9-15(18-11(28)5-4-6-17(18)36-20(30)31)33-14-7-10(27)12(29)8-13(14)32-19(16)33/h4-8,15-16,20H,9H2,1-3H3/t15-,16-/m1/s1. The molecular formula is C23H19B3BrClF3N3O3. The van der Waals surface area contributed by atoms with Gasteiger partial charge in [0.2, 0.25) is 0 Å². The van der Waals surface area contributed by atoms with Gasteiger partial charge in [-0.25, -0.2) is 14.2 Å². The lowest BCUT2D eigenvalue weighted by Crippen LogP contribution is -2.56. The molecule has 0 saturated heterocycles. The molecule has 3 aromatic rings. The molecule has 0 N–H and O–H groups in total. The number of fused-ring (bicyclic) bond motifs is 3. The summed E-state index contributed by atoms with van der Waals surface area (Å²) in [7, 11) is 18.0. The number of aromatic nitrogens is 2. The van der Waals surface area contributed by atoms with Gasteiger partial charge in [-0.3, -0.25) is 0 Å². The molecular weight excluding hydrogens is 571 g/mol. The lowest BCUT2D eigenvalue weighted by atomic mass is 9.48. The number of nitrogens with zero attached hydrogens (tertiary/aromatic N) is 3. The fourth-order valence-electron chi connectivity index (χ4n) is 4.47. The van der Waals surface area contributed by atoms with E-state index in [0.717, 1.165) is 4.90 Å². The number of alkyl halides is 2. The van der Waals surface area contributed by atoms with Crippen LogP contribution in [0, 0.1) is 5.82 Å². The molecule has 4 rings (SSSR count). The van der Waals surface area contributed by atoms with Crippen molar-refractivity contribution < 1.29 is 27.4 Å². The first-order chi connectivity index (χ1) is 17.1. The lowest BCUT2D eigenvalue weighted by molar-refractivity contribution is -0.0506. The fourth-order valence-corrected chi connectivity index (χ4v) is 5.09. The highest BCUT2D eigenvalue weighted by atomic mass is 79.9. The van der Waals surface area contributed by atoms with E-state index in [4.69, 9.17) is 44.6 Å². The number of benzene rings is 2. The molecule has 1 aliphatic rings. The second-order valence-corrected chi connectivity index (χ2v) is 10.9. The topological polar surface area (TPSA) is 56.6 Å². The van der Waals surface area contributed by atoms with Gasteiger partial charge >= 0.3 is 12.7 Å². The molecule has 0 unspecified atom stereocenters. The molecule has 0 bridgehead atoms. The van der Waals surface area contributed by atoms with Gasteiger partial charge in [-0.2, -0.15) is 8.78 Å². The van der Waals surface area contributed by atoms with Crippen LogP contribution in [0.3, 0.4) is 0 Å². The maximum Gasteiger partial charge on any atom is 0.409 e. The van der Waals surface area contributed by atoms with Crippen LogP contribution in [0.15, 0.2) is 34.8 Å². The summed E-state index contributed by atoms with van der Waals surface area (Å²) in [5.74, 6) is -0.533. The summed E-state index contributed by atoms with van der Waals surface area (Å²) >= 11 is 9.66. The van der Waals surface area contributed by atoms with E-state index in [1.165, 1.54) is 30.3 Å². The number of amides is 1. The van der Waals surface area contributed by atoms with Gasteiger partial charge in [0, 0.05) is 23.1 Å². The Bertz CT molecular complexity index is 1360. The van der Waals surface area contributed by atoms with Crippen LogP contribution in [0.4, 0.5) is 18.0 Å². The summed E-state index contributed by atoms with van der Waals surface area (Å²) in [6.45, 7) is 1.83. The highest BCUT2D eigenvalue weighted by Crippen LogP contribution is 2.49. The molecule has 1 amide bonds. The van der Waals surface area contributed by atoms with Crippen LogP contribution < -0.4 is 4.74 Å². The zero-order valence-corrected chi connectivity index (χ0v) is 22.4. The molecule has 6 nitrogen and oxygen atoms in total. The summed E-state index contributed by atoms with van der Waals surface area (Å²) < 4.78 is 53.0. The molecule has 2 heterocycles. The highest BCUT2D eigenvalue weighted by Gasteiger charge is 2.46. The van der Waals surface area contributed by atoms with E-state index in [9.17, 15) is 18.0 Å². The predicted octanol–water partition coefficient (Wildman–Crippen LogP) is 5.58. The molecule has 2 aromatic carbocycles. The second-order valence-electron chi connectivity index (χ2n) is 9.63. The lowest BCUT2D eigenvalue weighted by Gasteiger charge is -2.41. The van der Waals surface area contributed by atoms with Gasteiger partial charge in [0.05, 0.1) is 51.1 Å². The van der Waals surface area contributed by atoms with E-state index in [2.05, 4.69) is 20.9 Å². The first-order valence-electron chi connectivity index (χ1n) is 11.1. The Labute approximate surface area is 229 Å². The van der Waals surface area contributed by atoms with Crippen LogP contribution in [-0.2, 0) is 4.74 Å². The molecule has 188 valence electrons. The van der Waals surface area contributed by atoms with Gasteiger partial charge in [0.25, 0.3) is 0 Å². The number of hydrogen-bond acceptors (Lipinski definition) is 4. The third-order valence-corrected chi connectivity index (χ3v) is 6.63. The first kappa shape index (κ1) is 27.8. The molecule has 6 radical (unpaired) electrons. The van der Waals surface area contributed by atoms with Gasteiger partial charge in [-0.05, 0) is 54.9 Å². The largest absolute Gasteiger partial charge is 0.444 e. The zero-order chi connectivity index (χ0) is 27.4. The average molecular weight is 590 g/mol. The molecule has 14 heteroatoms. The van der Waals surface area contributed by atoms with Crippen LogP contribution in [0.2, 0.25) is 5.02 Å². The minimum absolute atomic E-state index is 0.0171. The first-order valence-corrected chi connectivity index (χ1v) is 12.2. The number of halogens is 5. The second kappa shape index (κ2) is 9.80. The summed E-state index contributed by atoms with van der Waals surface area (Å²) in [4.78, 5) is 18.7. The number of carbonyl (C=O) groups is 1. The minimum atomic E-state index is -3.13. The maximum absolute atomic E-state index is 14.4. The van der Waals surface area contributed by atoms with E-state index < -0.39 is 41.4 Å². The molecule has 0 fully saturated rings. The van der Waals surface area contributed by atoms with Gasteiger partial charge in [-0.1, -0.05) is 22.9 Å². The fraction of sp³-hybridized carbons (Fsp3) is 0.391.